The van der Waals surface area contributed by atoms with E-state index in [9.17, 15) is 19.0 Å². The van der Waals surface area contributed by atoms with Gasteiger partial charge in [-0.2, -0.15) is 0 Å². The lowest BCUT2D eigenvalue weighted by Crippen LogP contribution is -2.47. The minimum absolute atomic E-state index is 0.0450. The molecule has 0 fully saturated rings. The third kappa shape index (κ3) is 47.7. The second kappa shape index (κ2) is 47.4. The number of nitrogens with zero attached hydrogens (tertiary/aromatic N) is 1. The SMILES string of the molecule is CC\C=C/C=C/C=C/C=C\C=C\C=C\CCCCCC(=O)OC(/C=C/CCCCCCCCCCCC)C(COP(=O)([O-])OCC[N+](C)(C)C)NC(=O)CC/C=C/C/C=C\CCCCCCCC. The highest BCUT2D eigenvalue weighted by atomic mass is 31.2. The van der Waals surface area contributed by atoms with Crippen molar-refractivity contribution in [1.29, 1.82) is 0 Å². The van der Waals surface area contributed by atoms with Crippen molar-refractivity contribution >= 4 is 19.7 Å². The molecule has 9 nitrogen and oxygen atoms in total. The Labute approximate surface area is 417 Å². The fraction of sp³-hybridized carbons (Fsp3) is 0.655. The van der Waals surface area contributed by atoms with Gasteiger partial charge in [0.05, 0.1) is 33.8 Å². The first-order chi connectivity index (χ1) is 32.9. The maximum atomic E-state index is 13.4. The molecule has 0 radical (unpaired) electrons. The summed E-state index contributed by atoms with van der Waals surface area (Å²) in [6.07, 6.45) is 63.6. The highest BCUT2D eigenvalue weighted by Crippen LogP contribution is 2.38. The van der Waals surface area contributed by atoms with Crippen LogP contribution < -0.4 is 10.2 Å². The number of carbonyl (C=O) groups is 2. The van der Waals surface area contributed by atoms with Gasteiger partial charge < -0.3 is 28.5 Å². The average Bonchev–Trinajstić information content (AvgIpc) is 3.29. The number of phosphoric ester groups is 1. The minimum atomic E-state index is -4.72. The summed E-state index contributed by atoms with van der Waals surface area (Å²) in [5, 5.41) is 2.95. The topological polar surface area (TPSA) is 114 Å². The second-order valence-corrected chi connectivity index (χ2v) is 20.2. The summed E-state index contributed by atoms with van der Waals surface area (Å²) in [7, 11) is 1.11. The molecule has 0 aromatic carbocycles. The summed E-state index contributed by atoms with van der Waals surface area (Å²) in [5.41, 5.74) is 0. The summed E-state index contributed by atoms with van der Waals surface area (Å²) in [6.45, 7) is 6.57. The second-order valence-electron chi connectivity index (χ2n) is 18.8. The van der Waals surface area contributed by atoms with Crippen molar-refractivity contribution in [2.75, 3.05) is 40.9 Å². The van der Waals surface area contributed by atoms with Gasteiger partial charge in [0.1, 0.15) is 19.3 Å². The molecule has 0 saturated heterocycles. The number of unbranched alkanes of at least 4 members (excludes halogenated alkanes) is 19. The molecule has 0 rings (SSSR count). The largest absolute Gasteiger partial charge is 0.756 e. The Bertz CT molecular complexity index is 1530. The zero-order valence-electron chi connectivity index (χ0n) is 44.0. The Balaban J connectivity index is 5.59. The number of hydrogen-bond acceptors (Lipinski definition) is 7. The first-order valence-corrected chi connectivity index (χ1v) is 28.2. The number of carbonyl (C=O) groups excluding carboxylic acids is 2. The van der Waals surface area contributed by atoms with Crippen molar-refractivity contribution in [1.82, 2.24) is 5.32 Å². The van der Waals surface area contributed by atoms with Crippen LogP contribution in [0.4, 0.5) is 0 Å². The van der Waals surface area contributed by atoms with Crippen LogP contribution in [0, 0.1) is 0 Å². The molecule has 3 atom stereocenters. The van der Waals surface area contributed by atoms with Crippen LogP contribution in [0.5, 0.6) is 0 Å². The van der Waals surface area contributed by atoms with Gasteiger partial charge in [0, 0.05) is 12.8 Å². The van der Waals surface area contributed by atoms with Crippen LogP contribution in [-0.4, -0.2) is 69.4 Å². The van der Waals surface area contributed by atoms with Crippen molar-refractivity contribution in [2.24, 2.45) is 0 Å². The molecule has 1 N–H and O–H groups in total. The van der Waals surface area contributed by atoms with Gasteiger partial charge in [0.2, 0.25) is 5.91 Å². The molecule has 10 heteroatoms. The Morgan fingerprint density at radius 3 is 1.56 bits per heavy atom. The predicted molar refractivity (Wildman–Crippen MR) is 288 cm³/mol. The summed E-state index contributed by atoms with van der Waals surface area (Å²) in [4.78, 5) is 39.7. The number of allylic oxidation sites excluding steroid dienone is 17. The molecule has 0 aliphatic rings. The Kier molecular flexibility index (Phi) is 45.0. The minimum Gasteiger partial charge on any atom is -0.756 e. The lowest BCUT2D eigenvalue weighted by Gasteiger charge is -2.30. The standard InChI is InChI=1S/C58H99N2O7P/c1-7-10-13-16-19-22-25-28-29-30-31-33-36-39-42-45-48-51-58(62)67-56(49-46-43-40-37-34-27-24-21-18-15-12-9-3)55(54-66-68(63,64)65-53-52-60(4,5)6)59-57(61)50-47-44-41-38-35-32-26-23-20-17-14-11-8-2/h10,13,16,19,22,25,28-33,35-36,41,44,46,49,55-56H,7-9,11-12,14-15,17-18,20-21,23-24,26-27,34,37-40,42-43,45,47-48,50-54H2,1-6H3,(H-,59,61,63,64)/b13-10-,19-16+,25-22+,29-28-,31-30+,35-32-,36-33+,44-41+,49-46+. The van der Waals surface area contributed by atoms with E-state index in [-0.39, 0.29) is 25.4 Å². The van der Waals surface area contributed by atoms with Crippen molar-refractivity contribution < 1.29 is 37.3 Å². The quantitative estimate of drug-likeness (QED) is 0.0161. The van der Waals surface area contributed by atoms with Gasteiger partial charge in [-0.3, -0.25) is 14.2 Å². The number of esters is 1. The highest BCUT2D eigenvalue weighted by molar-refractivity contribution is 7.45. The first kappa shape index (κ1) is 64.7. The lowest BCUT2D eigenvalue weighted by molar-refractivity contribution is -0.870. The van der Waals surface area contributed by atoms with Crippen LogP contribution in [0.1, 0.15) is 194 Å². The molecule has 0 aromatic rings. The van der Waals surface area contributed by atoms with Gasteiger partial charge in [-0.05, 0) is 70.3 Å². The van der Waals surface area contributed by atoms with Crippen LogP contribution in [-0.2, 0) is 27.9 Å². The lowest BCUT2D eigenvalue weighted by atomic mass is 10.1. The fourth-order valence-electron chi connectivity index (χ4n) is 6.95. The van der Waals surface area contributed by atoms with Crippen molar-refractivity contribution in [3.05, 3.63) is 109 Å². The number of phosphoric acid groups is 1. The molecule has 0 saturated carbocycles. The normalized spacial score (nSPS) is 14.8. The van der Waals surface area contributed by atoms with Crippen LogP contribution in [0.2, 0.25) is 0 Å². The third-order valence-electron chi connectivity index (χ3n) is 11.1. The van der Waals surface area contributed by atoms with E-state index in [4.69, 9.17) is 13.8 Å². The predicted octanol–water partition coefficient (Wildman–Crippen LogP) is 15.2. The van der Waals surface area contributed by atoms with Crippen LogP contribution in [0.15, 0.2) is 109 Å². The summed E-state index contributed by atoms with van der Waals surface area (Å²) >= 11 is 0. The van der Waals surface area contributed by atoms with E-state index in [1.807, 2.05) is 94.1 Å². The fourth-order valence-corrected chi connectivity index (χ4v) is 7.68. The molecule has 68 heavy (non-hydrogen) atoms. The van der Waals surface area contributed by atoms with Gasteiger partial charge in [0.25, 0.3) is 7.82 Å². The summed E-state index contributed by atoms with van der Waals surface area (Å²) < 4.78 is 30.1. The first-order valence-electron chi connectivity index (χ1n) is 26.8. The number of likely N-dealkylation sites (N-methyl/N-ethyl adjacent to an activating group) is 1. The molecular formula is C58H99N2O7P. The summed E-state index contributed by atoms with van der Waals surface area (Å²) in [5.74, 6) is -0.682. The Hall–Kier alpha value is -3.33. The summed E-state index contributed by atoms with van der Waals surface area (Å²) in [6, 6.07) is -0.942. The van der Waals surface area contributed by atoms with E-state index in [0.29, 0.717) is 23.9 Å². The van der Waals surface area contributed by atoms with Crippen LogP contribution >= 0.6 is 7.82 Å². The molecular weight excluding hydrogens is 868 g/mol. The van der Waals surface area contributed by atoms with E-state index >= 15 is 0 Å². The molecule has 3 unspecified atom stereocenters. The van der Waals surface area contributed by atoms with Crippen LogP contribution in [0.3, 0.4) is 0 Å². The van der Waals surface area contributed by atoms with E-state index in [2.05, 4.69) is 56.5 Å². The number of hydrogen-bond donors (Lipinski definition) is 1. The maximum Gasteiger partial charge on any atom is 0.306 e. The van der Waals surface area contributed by atoms with Gasteiger partial charge in [0.15, 0.2) is 0 Å². The van der Waals surface area contributed by atoms with E-state index < -0.39 is 32.5 Å². The number of amides is 1. The molecule has 0 bridgehead atoms. The van der Waals surface area contributed by atoms with E-state index in [1.165, 1.54) is 89.9 Å². The zero-order valence-corrected chi connectivity index (χ0v) is 44.9. The molecule has 0 aromatic heterocycles. The van der Waals surface area contributed by atoms with Gasteiger partial charge in [-0.25, -0.2) is 0 Å². The zero-order chi connectivity index (χ0) is 50.1. The van der Waals surface area contributed by atoms with Gasteiger partial charge in [-0.1, -0.05) is 220 Å². The number of quaternary nitrogens is 1. The molecule has 0 spiro atoms. The monoisotopic (exact) mass is 967 g/mol. The van der Waals surface area contributed by atoms with Gasteiger partial charge in [-0.15, -0.1) is 0 Å². The number of ether oxygens (including phenoxy) is 1. The molecule has 1 amide bonds. The highest BCUT2D eigenvalue weighted by Gasteiger charge is 2.27. The molecule has 0 aliphatic carbocycles. The molecule has 0 heterocycles. The molecule has 388 valence electrons. The third-order valence-corrected chi connectivity index (χ3v) is 12.1. The Morgan fingerprint density at radius 2 is 1.01 bits per heavy atom. The van der Waals surface area contributed by atoms with E-state index in [0.717, 1.165) is 57.8 Å². The average molecular weight is 967 g/mol. The number of nitrogens with one attached hydrogen (secondary N) is 1. The maximum absolute atomic E-state index is 13.4. The van der Waals surface area contributed by atoms with E-state index in [1.54, 1.807) is 6.08 Å². The van der Waals surface area contributed by atoms with Crippen molar-refractivity contribution in [2.45, 2.75) is 206 Å². The van der Waals surface area contributed by atoms with Crippen molar-refractivity contribution in [3.63, 3.8) is 0 Å². The van der Waals surface area contributed by atoms with Crippen LogP contribution in [0.25, 0.3) is 0 Å². The Morgan fingerprint density at radius 1 is 0.544 bits per heavy atom. The smallest absolute Gasteiger partial charge is 0.306 e. The molecule has 0 aliphatic heterocycles. The number of rotatable bonds is 46. The van der Waals surface area contributed by atoms with Gasteiger partial charge >= 0.3 is 5.97 Å². The van der Waals surface area contributed by atoms with Crippen molar-refractivity contribution in [3.8, 4) is 0 Å².